The highest BCUT2D eigenvalue weighted by Crippen LogP contribution is 2.30. The topological polar surface area (TPSA) is 47.6 Å². The summed E-state index contributed by atoms with van der Waals surface area (Å²) in [6, 6.07) is 10.6. The molecule has 0 unspecified atom stereocenters. The average Bonchev–Trinajstić information content (AvgIpc) is 2.56. The summed E-state index contributed by atoms with van der Waals surface area (Å²) in [6.07, 6.45) is 0.802. The number of hydrogen-bond donors (Lipinski definition) is 1. The molecule has 4 nitrogen and oxygen atoms in total. The van der Waals surface area contributed by atoms with Crippen LogP contribution in [0.25, 0.3) is 0 Å². The summed E-state index contributed by atoms with van der Waals surface area (Å²) in [7, 11) is 3.19. The Balaban J connectivity index is 2.03. The molecule has 0 aromatic heterocycles. The fourth-order valence-electron chi connectivity index (χ4n) is 2.14. The molecule has 6 heteroatoms. The van der Waals surface area contributed by atoms with Crippen LogP contribution in [0.15, 0.2) is 36.4 Å². The summed E-state index contributed by atoms with van der Waals surface area (Å²) in [4.78, 5) is 12.1. The molecule has 0 aliphatic rings. The Morgan fingerprint density at radius 2 is 1.91 bits per heavy atom. The first-order valence-electron chi connectivity index (χ1n) is 7.00. The Morgan fingerprint density at radius 3 is 2.61 bits per heavy atom. The van der Waals surface area contributed by atoms with E-state index in [1.165, 1.54) is 0 Å². The number of ether oxygens (including phenoxy) is 2. The minimum atomic E-state index is -0.154. The van der Waals surface area contributed by atoms with E-state index in [-0.39, 0.29) is 12.3 Å². The van der Waals surface area contributed by atoms with Crippen molar-refractivity contribution in [2.24, 2.45) is 0 Å². The number of benzene rings is 2. The van der Waals surface area contributed by atoms with Gasteiger partial charge in [0, 0.05) is 6.42 Å². The third kappa shape index (κ3) is 4.53. The van der Waals surface area contributed by atoms with Gasteiger partial charge >= 0.3 is 0 Å². The van der Waals surface area contributed by atoms with Crippen molar-refractivity contribution >= 4 is 34.8 Å². The Bertz CT molecular complexity index is 704. The van der Waals surface area contributed by atoms with E-state index in [1.807, 2.05) is 18.2 Å². The number of hydrogen-bond acceptors (Lipinski definition) is 3. The molecule has 0 saturated carbocycles. The highest BCUT2D eigenvalue weighted by molar-refractivity contribution is 6.43. The monoisotopic (exact) mass is 353 g/mol. The highest BCUT2D eigenvalue weighted by Gasteiger charge is 2.11. The summed E-state index contributed by atoms with van der Waals surface area (Å²) >= 11 is 12.0. The van der Waals surface area contributed by atoms with E-state index in [9.17, 15) is 4.79 Å². The lowest BCUT2D eigenvalue weighted by molar-refractivity contribution is -0.116. The fraction of sp³-hybridized carbons (Fsp3) is 0.235. The molecule has 1 N–H and O–H groups in total. The predicted molar refractivity (Wildman–Crippen MR) is 93.0 cm³/mol. The van der Waals surface area contributed by atoms with Crippen molar-refractivity contribution in [3.8, 4) is 11.5 Å². The van der Waals surface area contributed by atoms with E-state index in [2.05, 4.69) is 5.32 Å². The molecule has 23 heavy (non-hydrogen) atoms. The standard InChI is InChI=1S/C17H17Cl2NO3/c1-22-12-7-8-15(23-2)11(10-12)6-9-16(21)20-14-5-3-4-13(18)17(14)19/h3-5,7-8,10H,6,9H2,1-2H3,(H,20,21). The molecule has 0 spiro atoms. The van der Waals surface area contributed by atoms with Crippen molar-refractivity contribution in [2.45, 2.75) is 12.8 Å². The molecule has 0 radical (unpaired) electrons. The fourth-order valence-corrected chi connectivity index (χ4v) is 2.49. The smallest absolute Gasteiger partial charge is 0.224 e. The molecule has 0 atom stereocenters. The largest absolute Gasteiger partial charge is 0.497 e. The second-order valence-corrected chi connectivity index (χ2v) is 5.61. The molecule has 0 heterocycles. The zero-order chi connectivity index (χ0) is 16.8. The Kier molecular flexibility index (Phi) is 6.13. The van der Waals surface area contributed by atoms with Crippen molar-refractivity contribution in [1.82, 2.24) is 0 Å². The van der Waals surface area contributed by atoms with Crippen LogP contribution in [0, 0.1) is 0 Å². The van der Waals surface area contributed by atoms with E-state index in [1.54, 1.807) is 32.4 Å². The molecule has 2 aromatic rings. The van der Waals surface area contributed by atoms with Gasteiger partial charge in [-0.05, 0) is 42.3 Å². The van der Waals surface area contributed by atoms with Gasteiger partial charge in [0.15, 0.2) is 0 Å². The molecule has 0 bridgehead atoms. The first kappa shape index (κ1) is 17.4. The summed E-state index contributed by atoms with van der Waals surface area (Å²) in [6.45, 7) is 0. The number of halogens is 2. The molecule has 122 valence electrons. The summed E-state index contributed by atoms with van der Waals surface area (Å²) in [5.41, 5.74) is 1.40. The lowest BCUT2D eigenvalue weighted by Gasteiger charge is -2.11. The molecule has 1 amide bonds. The Morgan fingerprint density at radius 1 is 1.13 bits per heavy atom. The van der Waals surface area contributed by atoms with Crippen LogP contribution in [0.4, 0.5) is 5.69 Å². The number of nitrogens with one attached hydrogen (secondary N) is 1. The molecule has 0 saturated heterocycles. The number of amides is 1. The van der Waals surface area contributed by atoms with E-state index < -0.39 is 0 Å². The maximum absolute atomic E-state index is 12.1. The molecule has 2 rings (SSSR count). The van der Waals surface area contributed by atoms with Crippen LogP contribution in [-0.2, 0) is 11.2 Å². The molecular weight excluding hydrogens is 337 g/mol. The lowest BCUT2D eigenvalue weighted by Crippen LogP contribution is -2.13. The first-order chi connectivity index (χ1) is 11.0. The zero-order valence-corrected chi connectivity index (χ0v) is 14.4. The van der Waals surface area contributed by atoms with Crippen molar-refractivity contribution < 1.29 is 14.3 Å². The third-order valence-corrected chi connectivity index (χ3v) is 4.15. The van der Waals surface area contributed by atoms with Gasteiger partial charge in [-0.15, -0.1) is 0 Å². The van der Waals surface area contributed by atoms with Crippen LogP contribution in [0.2, 0.25) is 10.0 Å². The van der Waals surface area contributed by atoms with Gasteiger partial charge < -0.3 is 14.8 Å². The van der Waals surface area contributed by atoms with E-state index >= 15 is 0 Å². The van der Waals surface area contributed by atoms with Gasteiger partial charge in [0.1, 0.15) is 11.5 Å². The number of rotatable bonds is 6. The highest BCUT2D eigenvalue weighted by atomic mass is 35.5. The number of aryl methyl sites for hydroxylation is 1. The predicted octanol–water partition coefficient (Wildman–Crippen LogP) is 4.58. The third-order valence-electron chi connectivity index (χ3n) is 3.33. The number of carbonyl (C=O) groups is 1. The second kappa shape index (κ2) is 8.09. The van der Waals surface area contributed by atoms with Crippen molar-refractivity contribution in [3.63, 3.8) is 0 Å². The minimum absolute atomic E-state index is 0.154. The van der Waals surface area contributed by atoms with Crippen LogP contribution in [-0.4, -0.2) is 20.1 Å². The second-order valence-electron chi connectivity index (χ2n) is 4.83. The van der Waals surface area contributed by atoms with Crippen molar-refractivity contribution in [3.05, 3.63) is 52.0 Å². The number of carbonyl (C=O) groups excluding carboxylic acids is 1. The molecule has 0 aliphatic carbocycles. The first-order valence-corrected chi connectivity index (χ1v) is 7.75. The normalized spacial score (nSPS) is 10.3. The van der Waals surface area contributed by atoms with Crippen molar-refractivity contribution in [1.29, 1.82) is 0 Å². The number of methoxy groups -OCH3 is 2. The minimum Gasteiger partial charge on any atom is -0.497 e. The van der Waals surface area contributed by atoms with Gasteiger partial charge in [-0.25, -0.2) is 0 Å². The average molecular weight is 354 g/mol. The SMILES string of the molecule is COc1ccc(OC)c(CCC(=O)Nc2cccc(Cl)c2Cl)c1. The summed E-state index contributed by atoms with van der Waals surface area (Å²) in [5, 5.41) is 3.50. The van der Waals surface area contributed by atoms with Gasteiger partial charge in [0.2, 0.25) is 5.91 Å². The quantitative estimate of drug-likeness (QED) is 0.826. The van der Waals surface area contributed by atoms with Crippen LogP contribution < -0.4 is 14.8 Å². The Labute approximate surface area is 145 Å². The summed E-state index contributed by atoms with van der Waals surface area (Å²) < 4.78 is 10.5. The van der Waals surface area contributed by atoms with Crippen LogP contribution in [0.5, 0.6) is 11.5 Å². The molecular formula is C17H17Cl2NO3. The van der Waals surface area contributed by atoms with E-state index in [0.29, 0.717) is 22.2 Å². The van der Waals surface area contributed by atoms with E-state index in [0.717, 1.165) is 17.1 Å². The zero-order valence-electron chi connectivity index (χ0n) is 12.9. The van der Waals surface area contributed by atoms with Crippen LogP contribution in [0.3, 0.4) is 0 Å². The molecule has 0 aliphatic heterocycles. The number of anilines is 1. The maximum Gasteiger partial charge on any atom is 0.224 e. The van der Waals surface area contributed by atoms with Crippen molar-refractivity contribution in [2.75, 3.05) is 19.5 Å². The van der Waals surface area contributed by atoms with Gasteiger partial charge in [0.05, 0.1) is 30.0 Å². The van der Waals surface area contributed by atoms with Crippen LogP contribution in [0.1, 0.15) is 12.0 Å². The summed E-state index contributed by atoms with van der Waals surface area (Å²) in [5.74, 6) is 1.29. The van der Waals surface area contributed by atoms with Gasteiger partial charge in [-0.3, -0.25) is 4.79 Å². The lowest BCUT2D eigenvalue weighted by atomic mass is 10.1. The Hall–Kier alpha value is -1.91. The maximum atomic E-state index is 12.1. The van der Waals surface area contributed by atoms with E-state index in [4.69, 9.17) is 32.7 Å². The van der Waals surface area contributed by atoms with Gasteiger partial charge in [0.25, 0.3) is 0 Å². The molecule has 0 fully saturated rings. The van der Waals surface area contributed by atoms with Gasteiger partial charge in [-0.2, -0.15) is 0 Å². The van der Waals surface area contributed by atoms with Crippen LogP contribution >= 0.6 is 23.2 Å². The molecule has 2 aromatic carbocycles. The van der Waals surface area contributed by atoms with Gasteiger partial charge in [-0.1, -0.05) is 29.3 Å².